The third-order valence-corrected chi connectivity index (χ3v) is 4.20. The summed E-state index contributed by atoms with van der Waals surface area (Å²) in [4.78, 5) is 0. The van der Waals surface area contributed by atoms with E-state index in [2.05, 4.69) is 84.0 Å². The number of rotatable bonds is 4. The Morgan fingerprint density at radius 2 is 1.14 bits per heavy atom. The maximum atomic E-state index is 2.37. The smallest absolute Gasteiger partial charge is 0.0149 e. The van der Waals surface area contributed by atoms with Crippen LogP contribution in [0.25, 0.3) is 11.1 Å². The Morgan fingerprint density at radius 3 is 1.62 bits per heavy atom. The molecule has 0 heteroatoms. The lowest BCUT2D eigenvalue weighted by Gasteiger charge is -2.18. The van der Waals surface area contributed by atoms with E-state index in [0.717, 1.165) is 0 Å². The summed E-state index contributed by atoms with van der Waals surface area (Å²) in [5.74, 6) is 1.67. The maximum absolute atomic E-state index is 2.37. The molecule has 0 saturated heterocycles. The highest BCUT2D eigenvalue weighted by Gasteiger charge is 2.12. The molecular weight excluding hydrogens is 252 g/mol. The minimum atomic E-state index is 0.548. The first-order valence-corrected chi connectivity index (χ1v) is 8.14. The minimum absolute atomic E-state index is 0.548. The van der Waals surface area contributed by atoms with Crippen LogP contribution in [0.3, 0.4) is 0 Å². The molecule has 0 saturated carbocycles. The fraction of sp³-hybridized carbons (Fsp3) is 0.429. The second-order valence-electron chi connectivity index (χ2n) is 6.94. The Bertz CT molecular complexity index is 577. The molecule has 0 aliphatic heterocycles. The van der Waals surface area contributed by atoms with Crippen molar-refractivity contribution in [2.24, 2.45) is 0 Å². The molecule has 0 nitrogen and oxygen atoms in total. The van der Waals surface area contributed by atoms with Crippen LogP contribution in [0.4, 0.5) is 0 Å². The van der Waals surface area contributed by atoms with Gasteiger partial charge in [0.2, 0.25) is 0 Å². The van der Waals surface area contributed by atoms with Crippen LogP contribution in [-0.2, 0) is 0 Å². The summed E-state index contributed by atoms with van der Waals surface area (Å²) in [6.45, 7) is 13.6. The van der Waals surface area contributed by atoms with Crippen molar-refractivity contribution in [3.63, 3.8) is 0 Å². The van der Waals surface area contributed by atoms with Crippen molar-refractivity contribution in [1.82, 2.24) is 0 Å². The van der Waals surface area contributed by atoms with Crippen molar-refractivity contribution in [2.75, 3.05) is 0 Å². The van der Waals surface area contributed by atoms with E-state index in [1.165, 1.54) is 27.8 Å². The lowest BCUT2D eigenvalue weighted by molar-refractivity contribution is 0.833. The second-order valence-corrected chi connectivity index (χ2v) is 6.94. The third-order valence-electron chi connectivity index (χ3n) is 4.20. The standard InChI is InChI=1S/C21H28/c1-14(2)17-11-18(15(3)4)13-19(12-17)21-10-8-7-9-20(21)16(5)6/h7-16H,1-6H3. The van der Waals surface area contributed by atoms with Gasteiger partial charge in [0.1, 0.15) is 0 Å². The molecule has 0 amide bonds. The van der Waals surface area contributed by atoms with Crippen LogP contribution in [0, 0.1) is 0 Å². The van der Waals surface area contributed by atoms with Crippen molar-refractivity contribution in [1.29, 1.82) is 0 Å². The summed E-state index contributed by atoms with van der Waals surface area (Å²) in [5.41, 5.74) is 7.07. The minimum Gasteiger partial charge on any atom is -0.0619 e. The summed E-state index contributed by atoms with van der Waals surface area (Å²) in [7, 11) is 0. The summed E-state index contributed by atoms with van der Waals surface area (Å²) in [6.07, 6.45) is 0. The van der Waals surface area contributed by atoms with Crippen LogP contribution < -0.4 is 0 Å². The zero-order valence-corrected chi connectivity index (χ0v) is 14.3. The van der Waals surface area contributed by atoms with Gasteiger partial charge >= 0.3 is 0 Å². The van der Waals surface area contributed by atoms with Gasteiger partial charge in [-0.1, -0.05) is 84.0 Å². The van der Waals surface area contributed by atoms with Gasteiger partial charge in [-0.2, -0.15) is 0 Å². The van der Waals surface area contributed by atoms with Crippen LogP contribution in [0.5, 0.6) is 0 Å². The fourth-order valence-electron chi connectivity index (χ4n) is 2.76. The molecule has 112 valence electrons. The average molecular weight is 280 g/mol. The van der Waals surface area contributed by atoms with E-state index < -0.39 is 0 Å². The second kappa shape index (κ2) is 6.47. The molecule has 0 bridgehead atoms. The normalized spacial score (nSPS) is 11.7. The molecule has 0 spiro atoms. The van der Waals surface area contributed by atoms with Crippen molar-refractivity contribution >= 4 is 0 Å². The molecule has 0 heterocycles. The molecule has 2 aromatic carbocycles. The van der Waals surface area contributed by atoms with Gasteiger partial charge in [0.25, 0.3) is 0 Å². The van der Waals surface area contributed by atoms with Gasteiger partial charge in [0.15, 0.2) is 0 Å². The Hall–Kier alpha value is -1.56. The van der Waals surface area contributed by atoms with E-state index in [1.807, 2.05) is 0 Å². The van der Waals surface area contributed by atoms with Gasteiger partial charge in [-0.25, -0.2) is 0 Å². The third kappa shape index (κ3) is 3.56. The molecular formula is C21H28. The van der Waals surface area contributed by atoms with Crippen molar-refractivity contribution < 1.29 is 0 Å². The molecule has 0 aromatic heterocycles. The summed E-state index contributed by atoms with van der Waals surface area (Å²) in [6, 6.07) is 15.9. The first-order valence-electron chi connectivity index (χ1n) is 8.14. The highest BCUT2D eigenvalue weighted by atomic mass is 14.2. The predicted molar refractivity (Wildman–Crippen MR) is 94.1 cm³/mol. The Kier molecular flexibility index (Phi) is 4.88. The SMILES string of the molecule is CC(C)c1cc(-c2ccccc2C(C)C)cc(C(C)C)c1. The first kappa shape index (κ1) is 15.8. The Morgan fingerprint density at radius 1 is 0.619 bits per heavy atom. The fourth-order valence-corrected chi connectivity index (χ4v) is 2.76. The highest BCUT2D eigenvalue weighted by Crippen LogP contribution is 2.33. The molecule has 0 radical (unpaired) electrons. The lowest BCUT2D eigenvalue weighted by atomic mass is 9.87. The van der Waals surface area contributed by atoms with Crippen molar-refractivity contribution in [2.45, 2.75) is 59.3 Å². The van der Waals surface area contributed by atoms with Gasteiger partial charge < -0.3 is 0 Å². The monoisotopic (exact) mass is 280 g/mol. The Balaban J connectivity index is 2.63. The molecule has 0 aliphatic carbocycles. The van der Waals surface area contributed by atoms with Crippen LogP contribution in [0.2, 0.25) is 0 Å². The topological polar surface area (TPSA) is 0 Å². The maximum Gasteiger partial charge on any atom is -0.0149 e. The molecule has 0 N–H and O–H groups in total. The molecule has 2 aromatic rings. The van der Waals surface area contributed by atoms with Crippen LogP contribution in [0.1, 0.15) is 76.0 Å². The number of hydrogen-bond acceptors (Lipinski definition) is 0. The Labute approximate surface area is 130 Å². The van der Waals surface area contributed by atoms with Crippen molar-refractivity contribution in [3.8, 4) is 11.1 Å². The van der Waals surface area contributed by atoms with E-state index in [-0.39, 0.29) is 0 Å². The molecule has 2 rings (SSSR count). The summed E-state index contributed by atoms with van der Waals surface area (Å²) < 4.78 is 0. The largest absolute Gasteiger partial charge is 0.0619 e. The quantitative estimate of drug-likeness (QED) is 0.583. The van der Waals surface area contributed by atoms with Gasteiger partial charge in [0.05, 0.1) is 0 Å². The van der Waals surface area contributed by atoms with E-state index in [4.69, 9.17) is 0 Å². The first-order chi connectivity index (χ1) is 9.90. The summed E-state index contributed by atoms with van der Waals surface area (Å²) in [5, 5.41) is 0. The number of benzene rings is 2. The van der Waals surface area contributed by atoms with Crippen LogP contribution in [-0.4, -0.2) is 0 Å². The van der Waals surface area contributed by atoms with E-state index in [9.17, 15) is 0 Å². The molecule has 0 aliphatic rings. The lowest BCUT2D eigenvalue weighted by Crippen LogP contribution is -1.97. The van der Waals surface area contributed by atoms with E-state index in [1.54, 1.807) is 0 Å². The molecule has 21 heavy (non-hydrogen) atoms. The van der Waals surface area contributed by atoms with Gasteiger partial charge in [-0.05, 0) is 45.6 Å². The van der Waals surface area contributed by atoms with Gasteiger partial charge in [0, 0.05) is 0 Å². The zero-order valence-electron chi connectivity index (χ0n) is 14.3. The van der Waals surface area contributed by atoms with E-state index in [0.29, 0.717) is 17.8 Å². The summed E-state index contributed by atoms with van der Waals surface area (Å²) >= 11 is 0. The number of hydrogen-bond donors (Lipinski definition) is 0. The van der Waals surface area contributed by atoms with Gasteiger partial charge in [-0.3, -0.25) is 0 Å². The van der Waals surface area contributed by atoms with E-state index >= 15 is 0 Å². The van der Waals surface area contributed by atoms with Crippen molar-refractivity contribution in [3.05, 3.63) is 59.2 Å². The molecule has 0 fully saturated rings. The van der Waals surface area contributed by atoms with Crippen LogP contribution >= 0.6 is 0 Å². The zero-order chi connectivity index (χ0) is 15.6. The van der Waals surface area contributed by atoms with Gasteiger partial charge in [-0.15, -0.1) is 0 Å². The molecule has 0 atom stereocenters. The van der Waals surface area contributed by atoms with Crippen LogP contribution in [0.15, 0.2) is 42.5 Å². The molecule has 0 unspecified atom stereocenters. The average Bonchev–Trinajstić information content (AvgIpc) is 2.46. The highest BCUT2D eigenvalue weighted by molar-refractivity contribution is 5.69. The predicted octanol–water partition coefficient (Wildman–Crippen LogP) is 6.72.